The van der Waals surface area contributed by atoms with E-state index in [2.05, 4.69) is 5.32 Å². The molecule has 35 heavy (non-hydrogen) atoms. The van der Waals surface area contributed by atoms with Crippen LogP contribution in [0.5, 0.6) is 0 Å². The molecule has 192 valence electrons. The maximum Gasteiger partial charge on any atom is 0.242 e. The molecular weight excluding hydrogens is 533 g/mol. The van der Waals surface area contributed by atoms with Gasteiger partial charge in [0, 0.05) is 47.2 Å². The highest BCUT2D eigenvalue weighted by Crippen LogP contribution is 2.29. The Hall–Kier alpha value is -2.00. The molecule has 2 aromatic carbocycles. The van der Waals surface area contributed by atoms with Crippen molar-refractivity contribution in [2.45, 2.75) is 45.7 Å². The summed E-state index contributed by atoms with van der Waals surface area (Å²) in [6.07, 6.45) is 1.74. The number of benzene rings is 2. The third-order valence-electron chi connectivity index (χ3n) is 5.68. The number of nitrogens with one attached hydrogen (secondary N) is 1. The quantitative estimate of drug-likeness (QED) is 0.415. The number of likely N-dealkylation sites (N-methyl/N-ethyl adjacent to an activating group) is 1. The number of halogens is 3. The van der Waals surface area contributed by atoms with Crippen LogP contribution in [0.1, 0.15) is 37.3 Å². The Kier molecular flexibility index (Phi) is 10.7. The van der Waals surface area contributed by atoms with Crippen LogP contribution in [0.3, 0.4) is 0 Å². The third kappa shape index (κ3) is 7.49. The number of hydrogen-bond donors (Lipinski definition) is 1. The van der Waals surface area contributed by atoms with Crippen LogP contribution in [0.4, 0.5) is 5.69 Å². The molecule has 1 N–H and O–H groups in total. The molecule has 0 bridgehead atoms. The number of carbonyl (C=O) groups is 2. The monoisotopic (exact) mass is 561 g/mol. The van der Waals surface area contributed by atoms with E-state index in [9.17, 15) is 18.0 Å². The summed E-state index contributed by atoms with van der Waals surface area (Å²) in [5, 5.41) is 3.83. The molecule has 0 heterocycles. The first-order chi connectivity index (χ1) is 16.4. The zero-order valence-corrected chi connectivity index (χ0v) is 23.2. The van der Waals surface area contributed by atoms with Gasteiger partial charge in [-0.25, -0.2) is 8.42 Å². The molecule has 1 atom stereocenters. The second kappa shape index (κ2) is 12.8. The molecule has 0 saturated carbocycles. The lowest BCUT2D eigenvalue weighted by Gasteiger charge is -2.31. The molecule has 7 nitrogen and oxygen atoms in total. The lowest BCUT2D eigenvalue weighted by molar-refractivity contribution is -0.141. The van der Waals surface area contributed by atoms with Crippen LogP contribution >= 0.6 is 34.8 Å². The van der Waals surface area contributed by atoms with Gasteiger partial charge in [0.1, 0.15) is 6.04 Å². The van der Waals surface area contributed by atoms with Crippen molar-refractivity contribution in [2.24, 2.45) is 0 Å². The van der Waals surface area contributed by atoms with Gasteiger partial charge in [-0.1, -0.05) is 53.9 Å². The Morgan fingerprint density at radius 3 is 2.14 bits per heavy atom. The van der Waals surface area contributed by atoms with Gasteiger partial charge in [0.2, 0.25) is 21.8 Å². The molecule has 0 saturated heterocycles. The van der Waals surface area contributed by atoms with E-state index in [1.807, 2.05) is 6.92 Å². The maximum atomic E-state index is 13.4. The normalized spacial score (nSPS) is 12.2. The molecule has 2 aromatic rings. The van der Waals surface area contributed by atoms with Gasteiger partial charge in [0.25, 0.3) is 0 Å². The molecular formula is C24H30Cl3N3O4S. The topological polar surface area (TPSA) is 86.8 Å². The highest BCUT2D eigenvalue weighted by molar-refractivity contribution is 7.92. The summed E-state index contributed by atoms with van der Waals surface area (Å²) < 4.78 is 26.3. The summed E-state index contributed by atoms with van der Waals surface area (Å²) in [5.41, 5.74) is 1.63. The molecule has 2 rings (SSSR count). The summed E-state index contributed by atoms with van der Waals surface area (Å²) >= 11 is 18.8. The Bertz CT molecular complexity index is 1150. The first kappa shape index (κ1) is 29.2. The number of rotatable bonds is 11. The zero-order chi connectivity index (χ0) is 26.3. The van der Waals surface area contributed by atoms with Gasteiger partial charge in [-0.15, -0.1) is 0 Å². The molecule has 0 radical (unpaired) electrons. The van der Waals surface area contributed by atoms with Crippen molar-refractivity contribution in [3.8, 4) is 0 Å². The van der Waals surface area contributed by atoms with Gasteiger partial charge in [-0.05, 0) is 49.6 Å². The number of carbonyl (C=O) groups excluding carboxylic acids is 2. The van der Waals surface area contributed by atoms with Gasteiger partial charge in [-0.3, -0.25) is 13.9 Å². The minimum absolute atomic E-state index is 0.0151. The third-order valence-corrected chi connectivity index (χ3v) is 7.98. The van der Waals surface area contributed by atoms with Crippen LogP contribution in [0.25, 0.3) is 0 Å². The summed E-state index contributed by atoms with van der Waals surface area (Å²) in [4.78, 5) is 27.3. The number of anilines is 1. The maximum absolute atomic E-state index is 13.4. The first-order valence-corrected chi connectivity index (χ1v) is 14.1. The fraction of sp³-hybridized carbons (Fsp3) is 0.417. The standard InChI is InChI=1S/C24H30Cl3N3O4S/c1-5-21(24(32)28-3)29(15-17-19(26)10-6-11-20(17)27)23(31)13-8-14-30(35(4,33)34)22-12-7-9-18(25)16(22)2/h6-7,9-12,21H,5,8,13-15H2,1-4H3,(H,28,32). The highest BCUT2D eigenvalue weighted by Gasteiger charge is 2.29. The lowest BCUT2D eigenvalue weighted by atomic mass is 10.1. The fourth-order valence-electron chi connectivity index (χ4n) is 3.79. The highest BCUT2D eigenvalue weighted by atomic mass is 35.5. The van der Waals surface area contributed by atoms with E-state index in [4.69, 9.17) is 34.8 Å². The van der Waals surface area contributed by atoms with E-state index >= 15 is 0 Å². The van der Waals surface area contributed by atoms with Crippen molar-refractivity contribution in [3.63, 3.8) is 0 Å². The Labute approximate surface area is 222 Å². The van der Waals surface area contributed by atoms with Crippen LogP contribution in [0.15, 0.2) is 36.4 Å². The van der Waals surface area contributed by atoms with Crippen molar-refractivity contribution in [2.75, 3.05) is 24.2 Å². The summed E-state index contributed by atoms with van der Waals surface area (Å²) in [7, 11) is -2.12. The summed E-state index contributed by atoms with van der Waals surface area (Å²) in [6.45, 7) is 3.67. The van der Waals surface area contributed by atoms with E-state index < -0.39 is 16.1 Å². The number of nitrogens with zero attached hydrogens (tertiary/aromatic N) is 2. The molecule has 0 aromatic heterocycles. The zero-order valence-electron chi connectivity index (χ0n) is 20.1. The summed E-state index contributed by atoms with van der Waals surface area (Å²) in [5.74, 6) is -0.621. The second-order valence-electron chi connectivity index (χ2n) is 8.08. The molecule has 0 aliphatic carbocycles. The number of amides is 2. The average molecular weight is 563 g/mol. The molecule has 0 aliphatic rings. The lowest BCUT2D eigenvalue weighted by Crippen LogP contribution is -2.48. The van der Waals surface area contributed by atoms with Crippen molar-refractivity contribution in [1.29, 1.82) is 0 Å². The minimum atomic E-state index is -3.62. The SMILES string of the molecule is CCC(C(=O)NC)N(Cc1c(Cl)cccc1Cl)C(=O)CCCN(c1cccc(Cl)c1C)S(C)(=O)=O. The van der Waals surface area contributed by atoms with Crippen molar-refractivity contribution in [3.05, 3.63) is 62.6 Å². The van der Waals surface area contributed by atoms with Crippen molar-refractivity contribution < 1.29 is 18.0 Å². The predicted molar refractivity (Wildman–Crippen MR) is 143 cm³/mol. The number of hydrogen-bond acceptors (Lipinski definition) is 4. The van der Waals surface area contributed by atoms with Gasteiger partial charge in [0.15, 0.2) is 0 Å². The van der Waals surface area contributed by atoms with Crippen LogP contribution in [-0.4, -0.2) is 51.0 Å². The molecule has 0 aliphatic heterocycles. The van der Waals surface area contributed by atoms with Crippen LogP contribution in [0.2, 0.25) is 15.1 Å². The van der Waals surface area contributed by atoms with Gasteiger partial charge in [-0.2, -0.15) is 0 Å². The van der Waals surface area contributed by atoms with Crippen molar-refractivity contribution in [1.82, 2.24) is 10.2 Å². The molecule has 0 spiro atoms. The van der Waals surface area contributed by atoms with Gasteiger partial charge in [0.05, 0.1) is 11.9 Å². The van der Waals surface area contributed by atoms with Crippen LogP contribution < -0.4 is 9.62 Å². The Balaban J connectivity index is 2.28. The molecule has 1 unspecified atom stereocenters. The van der Waals surface area contributed by atoms with Crippen LogP contribution in [0, 0.1) is 6.92 Å². The first-order valence-electron chi connectivity index (χ1n) is 11.1. The second-order valence-corrected chi connectivity index (χ2v) is 11.2. The van der Waals surface area contributed by atoms with Gasteiger partial charge < -0.3 is 10.2 Å². The van der Waals surface area contributed by atoms with Crippen LogP contribution in [-0.2, 0) is 26.2 Å². The van der Waals surface area contributed by atoms with Gasteiger partial charge >= 0.3 is 0 Å². The minimum Gasteiger partial charge on any atom is -0.357 e. The van der Waals surface area contributed by atoms with Crippen molar-refractivity contribution >= 4 is 62.3 Å². The Morgan fingerprint density at radius 2 is 1.60 bits per heavy atom. The number of sulfonamides is 1. The molecule has 0 fully saturated rings. The van der Waals surface area contributed by atoms with E-state index in [1.165, 1.54) is 16.3 Å². The van der Waals surface area contributed by atoms with E-state index in [0.717, 1.165) is 6.26 Å². The fourth-order valence-corrected chi connectivity index (χ4v) is 5.49. The largest absolute Gasteiger partial charge is 0.357 e. The van der Waals surface area contributed by atoms with E-state index in [0.29, 0.717) is 38.3 Å². The smallest absolute Gasteiger partial charge is 0.242 e. The summed E-state index contributed by atoms with van der Waals surface area (Å²) in [6, 6.07) is 9.35. The van der Waals surface area contributed by atoms with E-state index in [-0.39, 0.29) is 37.7 Å². The molecule has 2 amide bonds. The predicted octanol–water partition coefficient (Wildman–Crippen LogP) is 5.05. The Morgan fingerprint density at radius 1 is 1.03 bits per heavy atom. The average Bonchev–Trinajstić information content (AvgIpc) is 2.79. The van der Waals surface area contributed by atoms with E-state index in [1.54, 1.807) is 43.3 Å². The molecule has 11 heteroatoms.